The number of amides is 1. The van der Waals surface area contributed by atoms with Crippen LogP contribution in [0.5, 0.6) is 5.75 Å². The summed E-state index contributed by atoms with van der Waals surface area (Å²) in [6, 6.07) is 20.5. The van der Waals surface area contributed by atoms with E-state index in [0.717, 1.165) is 17.7 Å². The number of carbonyl (C=O) groups excluding carboxylic acids is 1. The molecule has 4 nitrogen and oxygen atoms in total. The third-order valence-electron chi connectivity index (χ3n) is 4.07. The Balaban J connectivity index is 1.60. The zero-order chi connectivity index (χ0) is 21.6. The summed E-state index contributed by atoms with van der Waals surface area (Å²) in [6.07, 6.45) is -4.57. The fourth-order valence-corrected chi connectivity index (χ4v) is 3.82. The van der Waals surface area contributed by atoms with Crippen molar-refractivity contribution in [1.29, 1.82) is 0 Å². The molecule has 1 unspecified atom stereocenters. The van der Waals surface area contributed by atoms with Gasteiger partial charge in [0.1, 0.15) is 5.75 Å². The highest BCUT2D eigenvalue weighted by Crippen LogP contribution is 2.35. The van der Waals surface area contributed by atoms with E-state index in [1.54, 1.807) is 48.5 Å². The molecular weight excluding hydrogens is 415 g/mol. The van der Waals surface area contributed by atoms with E-state index >= 15 is 0 Å². The molecule has 0 aliphatic carbocycles. The number of hydrogen-bond acceptors (Lipinski definition) is 3. The van der Waals surface area contributed by atoms with Gasteiger partial charge in [-0.15, -0.1) is 0 Å². The Morgan fingerprint density at radius 2 is 1.63 bits per heavy atom. The van der Waals surface area contributed by atoms with Gasteiger partial charge in [0.25, 0.3) is 5.91 Å². The van der Waals surface area contributed by atoms with E-state index in [-0.39, 0.29) is 5.75 Å². The number of halogens is 3. The Hall–Kier alpha value is -3.13. The van der Waals surface area contributed by atoms with Crippen molar-refractivity contribution in [2.24, 2.45) is 0 Å². The molecule has 8 heteroatoms. The van der Waals surface area contributed by atoms with Gasteiger partial charge in [0.2, 0.25) is 0 Å². The second-order valence-corrected chi connectivity index (χ2v) is 7.79. The maximum Gasteiger partial charge on any atom is 0.419 e. The molecule has 1 amide bonds. The highest BCUT2D eigenvalue weighted by Gasteiger charge is 2.34. The first-order chi connectivity index (χ1) is 14.3. The van der Waals surface area contributed by atoms with Crippen LogP contribution in [0.4, 0.5) is 18.9 Å². The van der Waals surface area contributed by atoms with Crippen molar-refractivity contribution in [2.75, 3.05) is 11.9 Å². The van der Waals surface area contributed by atoms with Gasteiger partial charge in [-0.1, -0.05) is 42.5 Å². The molecule has 3 rings (SSSR count). The summed E-state index contributed by atoms with van der Waals surface area (Å²) in [5.74, 6) is -0.746. The van der Waals surface area contributed by atoms with Crippen LogP contribution >= 0.6 is 0 Å². The highest BCUT2D eigenvalue weighted by atomic mass is 32.2. The van der Waals surface area contributed by atoms with E-state index in [1.807, 2.05) is 6.07 Å². The molecule has 1 atom stereocenters. The van der Waals surface area contributed by atoms with Crippen molar-refractivity contribution >= 4 is 22.4 Å². The summed E-state index contributed by atoms with van der Waals surface area (Å²) in [7, 11) is -1.24. The molecule has 1 N–H and O–H groups in total. The van der Waals surface area contributed by atoms with E-state index in [4.69, 9.17) is 4.74 Å². The average molecular weight is 433 g/mol. The van der Waals surface area contributed by atoms with Crippen molar-refractivity contribution in [2.45, 2.75) is 16.8 Å². The highest BCUT2D eigenvalue weighted by molar-refractivity contribution is 7.84. The van der Waals surface area contributed by atoms with E-state index in [0.29, 0.717) is 10.6 Å². The molecule has 0 fully saturated rings. The fourth-order valence-electron chi connectivity index (χ4n) is 2.71. The third kappa shape index (κ3) is 5.93. The molecule has 0 spiro atoms. The van der Waals surface area contributed by atoms with Gasteiger partial charge in [0.15, 0.2) is 6.61 Å². The van der Waals surface area contributed by atoms with Crippen LogP contribution in [-0.4, -0.2) is 16.7 Å². The number of anilines is 1. The lowest BCUT2D eigenvalue weighted by molar-refractivity contribution is -0.139. The quantitative estimate of drug-likeness (QED) is 0.569. The van der Waals surface area contributed by atoms with E-state index in [9.17, 15) is 22.2 Å². The summed E-state index contributed by atoms with van der Waals surface area (Å²) in [5, 5.41) is 2.58. The van der Waals surface area contributed by atoms with Gasteiger partial charge in [0.05, 0.1) is 22.1 Å². The third-order valence-corrected chi connectivity index (χ3v) is 5.46. The Morgan fingerprint density at radius 3 is 2.37 bits per heavy atom. The van der Waals surface area contributed by atoms with Gasteiger partial charge in [-0.05, 0) is 42.0 Å². The minimum absolute atomic E-state index is 0.267. The SMILES string of the molecule is O=C(COc1ccccc1C(F)(F)F)Nc1cccc(CS(=O)c2ccccc2)c1. The van der Waals surface area contributed by atoms with Crippen molar-refractivity contribution < 1.29 is 26.9 Å². The molecule has 0 aliphatic rings. The topological polar surface area (TPSA) is 55.4 Å². The largest absolute Gasteiger partial charge is 0.483 e. The van der Waals surface area contributed by atoms with Crippen LogP contribution in [-0.2, 0) is 27.5 Å². The van der Waals surface area contributed by atoms with Gasteiger partial charge < -0.3 is 10.1 Å². The van der Waals surface area contributed by atoms with E-state index in [2.05, 4.69) is 5.32 Å². The molecule has 0 aromatic heterocycles. The molecule has 0 saturated heterocycles. The molecule has 30 heavy (non-hydrogen) atoms. The molecule has 156 valence electrons. The van der Waals surface area contributed by atoms with Crippen molar-refractivity contribution in [3.05, 3.63) is 90.0 Å². The van der Waals surface area contributed by atoms with Gasteiger partial charge in [-0.3, -0.25) is 9.00 Å². The number of rotatable bonds is 7. The zero-order valence-corrected chi connectivity index (χ0v) is 16.5. The van der Waals surface area contributed by atoms with Crippen LogP contribution in [0.25, 0.3) is 0 Å². The molecular formula is C22H18F3NO3S. The van der Waals surface area contributed by atoms with Crippen LogP contribution in [0, 0.1) is 0 Å². The number of para-hydroxylation sites is 1. The first-order valence-electron chi connectivity index (χ1n) is 8.94. The smallest absolute Gasteiger partial charge is 0.419 e. The molecule has 3 aromatic rings. The van der Waals surface area contributed by atoms with Crippen LogP contribution < -0.4 is 10.1 Å². The number of carbonyl (C=O) groups is 1. The molecule has 0 aliphatic heterocycles. The Morgan fingerprint density at radius 1 is 0.933 bits per heavy atom. The maximum atomic E-state index is 13.0. The standard InChI is InChI=1S/C22H18F3NO3S/c23-22(24,25)19-11-4-5-12-20(19)29-14-21(27)26-17-8-6-7-16(13-17)15-30(28)18-9-2-1-3-10-18/h1-13H,14-15H2,(H,26,27). The minimum atomic E-state index is -4.57. The van der Waals surface area contributed by atoms with Gasteiger partial charge in [-0.25, -0.2) is 0 Å². The van der Waals surface area contributed by atoms with Crippen LogP contribution in [0.1, 0.15) is 11.1 Å². The lowest BCUT2D eigenvalue weighted by atomic mass is 10.2. The first-order valence-corrected chi connectivity index (χ1v) is 10.3. The van der Waals surface area contributed by atoms with Crippen molar-refractivity contribution in [1.82, 2.24) is 0 Å². The Kier molecular flexibility index (Phi) is 6.89. The number of benzene rings is 3. The first kappa shape index (κ1) is 21.6. The zero-order valence-electron chi connectivity index (χ0n) is 15.7. The molecule has 0 heterocycles. The minimum Gasteiger partial charge on any atom is -0.483 e. The molecule has 0 saturated carbocycles. The van der Waals surface area contributed by atoms with Crippen LogP contribution in [0.2, 0.25) is 0 Å². The number of hydrogen-bond donors (Lipinski definition) is 1. The second-order valence-electron chi connectivity index (χ2n) is 6.33. The van der Waals surface area contributed by atoms with Crippen molar-refractivity contribution in [3.63, 3.8) is 0 Å². The monoisotopic (exact) mass is 433 g/mol. The summed E-state index contributed by atoms with van der Waals surface area (Å²) in [5.41, 5.74) is 0.247. The van der Waals surface area contributed by atoms with Crippen LogP contribution in [0.15, 0.2) is 83.8 Å². The number of nitrogens with one attached hydrogen (secondary N) is 1. The number of ether oxygens (including phenoxy) is 1. The summed E-state index contributed by atoms with van der Waals surface area (Å²) < 4.78 is 56.5. The van der Waals surface area contributed by atoms with Crippen LogP contribution in [0.3, 0.4) is 0 Å². The summed E-state index contributed by atoms with van der Waals surface area (Å²) >= 11 is 0. The fraction of sp³-hybridized carbons (Fsp3) is 0.136. The lowest BCUT2D eigenvalue weighted by Gasteiger charge is -2.13. The van der Waals surface area contributed by atoms with Gasteiger partial charge in [-0.2, -0.15) is 13.2 Å². The molecule has 0 bridgehead atoms. The van der Waals surface area contributed by atoms with E-state index < -0.39 is 40.8 Å². The Bertz CT molecular complexity index is 1040. The van der Waals surface area contributed by atoms with E-state index in [1.165, 1.54) is 12.1 Å². The van der Waals surface area contributed by atoms with Crippen molar-refractivity contribution in [3.8, 4) is 5.75 Å². The van der Waals surface area contributed by atoms with Gasteiger partial charge >= 0.3 is 6.18 Å². The number of alkyl halides is 3. The normalized spacial score (nSPS) is 12.2. The predicted molar refractivity (Wildman–Crippen MR) is 109 cm³/mol. The molecule has 3 aromatic carbocycles. The summed E-state index contributed by atoms with van der Waals surface area (Å²) in [6.45, 7) is -0.576. The second kappa shape index (κ2) is 9.58. The predicted octanol–water partition coefficient (Wildman–Crippen LogP) is 5.03. The lowest BCUT2D eigenvalue weighted by Crippen LogP contribution is -2.21. The average Bonchev–Trinajstić information content (AvgIpc) is 2.73. The maximum absolute atomic E-state index is 13.0. The van der Waals surface area contributed by atoms with Gasteiger partial charge in [0, 0.05) is 10.6 Å². The molecule has 0 radical (unpaired) electrons. The Labute approximate surface area is 174 Å². The summed E-state index contributed by atoms with van der Waals surface area (Å²) in [4.78, 5) is 12.8.